The standard InChI is InChI=1S/C27H30N2O3/c1-20(21-12-14-22(15-13-21)24-11-7-8-17-28-24)29-18-16-27(32-25(29)30,19-26(2,3)31)23-9-5-4-6-10-23/h4-15,17,20,31H,16,18-19H2,1-3H3/t20-,27-/m0/s1. The lowest BCUT2D eigenvalue weighted by atomic mass is 9.80. The van der Waals surface area contributed by atoms with E-state index in [0.717, 1.165) is 22.4 Å². The minimum atomic E-state index is -0.967. The number of nitrogens with zero attached hydrogens (tertiary/aromatic N) is 2. The third kappa shape index (κ3) is 4.68. The van der Waals surface area contributed by atoms with Crippen LogP contribution >= 0.6 is 0 Å². The lowest BCUT2D eigenvalue weighted by Gasteiger charge is -2.45. The Balaban J connectivity index is 1.54. The zero-order valence-corrected chi connectivity index (χ0v) is 18.9. The third-order valence-corrected chi connectivity index (χ3v) is 6.11. The molecule has 1 aliphatic heterocycles. The maximum absolute atomic E-state index is 13.2. The summed E-state index contributed by atoms with van der Waals surface area (Å²) in [6, 6.07) is 23.6. The number of amides is 1. The van der Waals surface area contributed by atoms with Crippen LogP contribution in [-0.4, -0.2) is 33.2 Å². The van der Waals surface area contributed by atoms with Crippen molar-refractivity contribution in [3.63, 3.8) is 0 Å². The smallest absolute Gasteiger partial charge is 0.411 e. The second-order valence-electron chi connectivity index (χ2n) is 9.17. The minimum absolute atomic E-state index is 0.129. The molecule has 2 heterocycles. The first kappa shape index (κ1) is 22.0. The molecule has 1 saturated heterocycles. The fourth-order valence-corrected chi connectivity index (χ4v) is 4.54. The summed E-state index contributed by atoms with van der Waals surface area (Å²) in [7, 11) is 0. The van der Waals surface area contributed by atoms with E-state index in [1.165, 1.54) is 0 Å². The molecule has 1 amide bonds. The fourth-order valence-electron chi connectivity index (χ4n) is 4.54. The predicted molar refractivity (Wildman–Crippen MR) is 125 cm³/mol. The molecule has 1 N–H and O–H groups in total. The number of benzene rings is 2. The van der Waals surface area contributed by atoms with E-state index in [4.69, 9.17) is 4.74 Å². The molecule has 3 aromatic rings. The van der Waals surface area contributed by atoms with Crippen LogP contribution in [0.15, 0.2) is 79.0 Å². The number of hydrogen-bond acceptors (Lipinski definition) is 4. The third-order valence-electron chi connectivity index (χ3n) is 6.11. The highest BCUT2D eigenvalue weighted by atomic mass is 16.6. The average Bonchev–Trinajstić information content (AvgIpc) is 2.79. The maximum atomic E-state index is 13.2. The van der Waals surface area contributed by atoms with E-state index in [9.17, 15) is 9.90 Å². The van der Waals surface area contributed by atoms with Crippen LogP contribution in [0.25, 0.3) is 11.3 Å². The Morgan fingerprint density at radius 3 is 2.34 bits per heavy atom. The fraction of sp³-hybridized carbons (Fsp3) is 0.333. The lowest BCUT2D eigenvalue weighted by Crippen LogP contribution is -2.51. The zero-order valence-electron chi connectivity index (χ0n) is 18.9. The molecular weight excluding hydrogens is 400 g/mol. The minimum Gasteiger partial charge on any atom is -0.438 e. The number of rotatable bonds is 6. The number of carbonyl (C=O) groups excluding carboxylic acids is 1. The summed E-state index contributed by atoms with van der Waals surface area (Å²) in [6.45, 7) is 6.07. The predicted octanol–water partition coefficient (Wildman–Crippen LogP) is 5.71. The Bertz CT molecular complexity index is 1050. The Hall–Kier alpha value is -3.18. The van der Waals surface area contributed by atoms with Gasteiger partial charge >= 0.3 is 6.09 Å². The topological polar surface area (TPSA) is 62.7 Å². The molecule has 4 rings (SSSR count). The van der Waals surface area contributed by atoms with Gasteiger partial charge in [0.1, 0.15) is 5.60 Å². The molecule has 5 heteroatoms. The maximum Gasteiger partial charge on any atom is 0.411 e. The summed E-state index contributed by atoms with van der Waals surface area (Å²) >= 11 is 0. The summed E-state index contributed by atoms with van der Waals surface area (Å²) in [5.74, 6) is 0. The van der Waals surface area contributed by atoms with Crippen molar-refractivity contribution < 1.29 is 14.6 Å². The first-order valence-corrected chi connectivity index (χ1v) is 11.1. The highest BCUT2D eigenvalue weighted by Crippen LogP contribution is 2.42. The molecule has 166 valence electrons. The van der Waals surface area contributed by atoms with E-state index in [1.807, 2.05) is 79.7 Å². The second-order valence-corrected chi connectivity index (χ2v) is 9.17. The van der Waals surface area contributed by atoms with Gasteiger partial charge in [-0.15, -0.1) is 0 Å². The molecule has 0 radical (unpaired) electrons. The van der Waals surface area contributed by atoms with Crippen LogP contribution in [-0.2, 0) is 10.3 Å². The van der Waals surface area contributed by atoms with E-state index in [1.54, 1.807) is 24.9 Å². The van der Waals surface area contributed by atoms with Crippen LogP contribution in [0, 0.1) is 0 Å². The summed E-state index contributed by atoms with van der Waals surface area (Å²) in [5, 5.41) is 10.5. The molecular formula is C27H30N2O3. The number of hydrogen-bond donors (Lipinski definition) is 1. The number of cyclic esters (lactones) is 1. The van der Waals surface area contributed by atoms with Gasteiger partial charge in [0.05, 0.1) is 17.3 Å². The largest absolute Gasteiger partial charge is 0.438 e. The molecule has 2 atom stereocenters. The van der Waals surface area contributed by atoms with Crippen molar-refractivity contribution >= 4 is 6.09 Å². The van der Waals surface area contributed by atoms with Crippen molar-refractivity contribution in [1.82, 2.24) is 9.88 Å². The van der Waals surface area contributed by atoms with E-state index in [2.05, 4.69) is 4.98 Å². The molecule has 0 unspecified atom stereocenters. The van der Waals surface area contributed by atoms with Crippen molar-refractivity contribution in [2.75, 3.05) is 6.54 Å². The van der Waals surface area contributed by atoms with Gasteiger partial charge < -0.3 is 14.7 Å². The van der Waals surface area contributed by atoms with Gasteiger partial charge in [0.2, 0.25) is 0 Å². The highest BCUT2D eigenvalue weighted by Gasteiger charge is 2.46. The first-order chi connectivity index (χ1) is 15.3. The normalized spacial score (nSPS) is 20.0. The van der Waals surface area contributed by atoms with Crippen molar-refractivity contribution in [2.24, 2.45) is 0 Å². The second kappa shape index (κ2) is 8.75. The zero-order chi connectivity index (χ0) is 22.8. The molecule has 32 heavy (non-hydrogen) atoms. The molecule has 1 aliphatic rings. The molecule has 5 nitrogen and oxygen atoms in total. The Kier molecular flexibility index (Phi) is 6.02. The molecule has 0 saturated carbocycles. The number of ether oxygens (including phenoxy) is 1. The van der Waals surface area contributed by atoms with Gasteiger partial charge in [-0.25, -0.2) is 4.79 Å². The quantitative estimate of drug-likeness (QED) is 0.544. The number of carbonyl (C=O) groups is 1. The van der Waals surface area contributed by atoms with Crippen LogP contribution in [0.4, 0.5) is 4.79 Å². The monoisotopic (exact) mass is 430 g/mol. The van der Waals surface area contributed by atoms with E-state index < -0.39 is 11.2 Å². The van der Waals surface area contributed by atoms with Gasteiger partial charge in [0.25, 0.3) is 0 Å². The average molecular weight is 431 g/mol. The number of pyridine rings is 1. The van der Waals surface area contributed by atoms with Crippen LogP contribution in [0.5, 0.6) is 0 Å². The molecule has 0 bridgehead atoms. The number of aliphatic hydroxyl groups is 1. The van der Waals surface area contributed by atoms with Crippen LogP contribution in [0.2, 0.25) is 0 Å². The Morgan fingerprint density at radius 2 is 1.75 bits per heavy atom. The van der Waals surface area contributed by atoms with Gasteiger partial charge in [0.15, 0.2) is 0 Å². The summed E-state index contributed by atoms with van der Waals surface area (Å²) < 4.78 is 6.10. The highest BCUT2D eigenvalue weighted by molar-refractivity contribution is 5.70. The van der Waals surface area contributed by atoms with Crippen LogP contribution < -0.4 is 0 Å². The van der Waals surface area contributed by atoms with Gasteiger partial charge in [0, 0.05) is 31.1 Å². The van der Waals surface area contributed by atoms with Gasteiger partial charge in [-0.2, -0.15) is 0 Å². The van der Waals surface area contributed by atoms with Gasteiger partial charge in [-0.05, 0) is 44.0 Å². The lowest BCUT2D eigenvalue weighted by molar-refractivity contribution is -0.101. The van der Waals surface area contributed by atoms with Crippen molar-refractivity contribution in [3.8, 4) is 11.3 Å². The summed E-state index contributed by atoms with van der Waals surface area (Å²) in [4.78, 5) is 19.3. The molecule has 0 spiro atoms. The van der Waals surface area contributed by atoms with Crippen LogP contribution in [0.1, 0.15) is 50.8 Å². The molecule has 0 aliphatic carbocycles. The summed E-state index contributed by atoms with van der Waals surface area (Å²) in [6.07, 6.45) is 2.38. The molecule has 2 aromatic carbocycles. The van der Waals surface area contributed by atoms with Gasteiger partial charge in [-0.1, -0.05) is 60.7 Å². The Labute approximate surface area is 189 Å². The van der Waals surface area contributed by atoms with Crippen molar-refractivity contribution in [3.05, 3.63) is 90.1 Å². The summed E-state index contributed by atoms with van der Waals surface area (Å²) in [5.41, 5.74) is 2.11. The van der Waals surface area contributed by atoms with E-state index in [0.29, 0.717) is 19.4 Å². The van der Waals surface area contributed by atoms with Gasteiger partial charge in [-0.3, -0.25) is 4.98 Å². The van der Waals surface area contributed by atoms with Crippen LogP contribution in [0.3, 0.4) is 0 Å². The molecule has 1 fully saturated rings. The SMILES string of the molecule is C[C@@H](c1ccc(-c2ccccn2)cc1)N1CC[C@](CC(C)(C)O)(c2ccccc2)OC1=O. The van der Waals surface area contributed by atoms with Crippen molar-refractivity contribution in [1.29, 1.82) is 0 Å². The van der Waals surface area contributed by atoms with Crippen molar-refractivity contribution in [2.45, 2.75) is 50.9 Å². The first-order valence-electron chi connectivity index (χ1n) is 11.1. The number of aromatic nitrogens is 1. The molecule has 1 aromatic heterocycles. The van der Waals surface area contributed by atoms with E-state index >= 15 is 0 Å². The van der Waals surface area contributed by atoms with E-state index in [-0.39, 0.29) is 12.1 Å². The Morgan fingerprint density at radius 1 is 1.06 bits per heavy atom.